The molecule has 0 radical (unpaired) electrons. The first kappa shape index (κ1) is 52.1. The molecule has 0 saturated heterocycles. The summed E-state index contributed by atoms with van der Waals surface area (Å²) < 4.78 is 33.0. The van der Waals surface area contributed by atoms with E-state index in [1.54, 1.807) is 12.2 Å². The van der Waals surface area contributed by atoms with Gasteiger partial charge in [0.2, 0.25) is 0 Å². The first-order valence-corrected chi connectivity index (χ1v) is 23.2. The predicted molar refractivity (Wildman–Crippen MR) is 222 cm³/mol. The van der Waals surface area contributed by atoms with E-state index in [4.69, 9.17) is 24.3 Å². The number of allylic oxidation sites excluding steroid dienone is 3. The summed E-state index contributed by atoms with van der Waals surface area (Å²) in [4.78, 5) is 35.4. The molecular formula is C43H78NO11P. The third kappa shape index (κ3) is 27.7. The first-order valence-electron chi connectivity index (χ1n) is 21.7. The Morgan fingerprint density at radius 2 is 1.39 bits per heavy atom. The van der Waals surface area contributed by atoms with Gasteiger partial charge in [-0.2, -0.15) is 0 Å². The molecule has 0 aliphatic heterocycles. The second-order valence-electron chi connectivity index (χ2n) is 15.2. The van der Waals surface area contributed by atoms with Gasteiger partial charge in [0, 0.05) is 44.1 Å². The van der Waals surface area contributed by atoms with Gasteiger partial charge in [0.25, 0.3) is 0 Å². The summed E-state index contributed by atoms with van der Waals surface area (Å²) in [5, 5.41) is 31.3. The third-order valence-corrected chi connectivity index (χ3v) is 11.1. The molecule has 12 nitrogen and oxygen atoms in total. The molecule has 6 N–H and O–H groups in total. The maximum Gasteiger partial charge on any atom is 0.472 e. The van der Waals surface area contributed by atoms with E-state index in [1.807, 2.05) is 6.08 Å². The Morgan fingerprint density at radius 3 is 2.05 bits per heavy atom. The molecule has 1 rings (SSSR count). The molecule has 326 valence electrons. The highest BCUT2D eigenvalue weighted by atomic mass is 31.2. The number of unbranched alkanes of at least 4 members (excludes halogenated alkanes) is 14. The summed E-state index contributed by atoms with van der Waals surface area (Å²) in [6, 6.07) is 0. The van der Waals surface area contributed by atoms with Crippen LogP contribution in [0.5, 0.6) is 0 Å². The molecule has 1 fully saturated rings. The Kier molecular flexibility index (Phi) is 31.7. The molecule has 0 aromatic heterocycles. The van der Waals surface area contributed by atoms with Gasteiger partial charge in [-0.05, 0) is 63.9 Å². The highest BCUT2D eigenvalue weighted by Gasteiger charge is 2.41. The van der Waals surface area contributed by atoms with Crippen LogP contribution in [0.4, 0.5) is 0 Å². The molecule has 0 amide bonds. The van der Waals surface area contributed by atoms with Gasteiger partial charge in [-0.3, -0.25) is 18.6 Å². The van der Waals surface area contributed by atoms with Crippen molar-refractivity contribution >= 4 is 19.6 Å². The number of hydrogen-bond donors (Lipinski definition) is 5. The van der Waals surface area contributed by atoms with E-state index in [9.17, 15) is 34.4 Å². The van der Waals surface area contributed by atoms with Crippen molar-refractivity contribution in [3.63, 3.8) is 0 Å². The lowest BCUT2D eigenvalue weighted by molar-refractivity contribution is -0.153. The van der Waals surface area contributed by atoms with Gasteiger partial charge in [-0.25, -0.2) is 4.57 Å². The zero-order valence-electron chi connectivity index (χ0n) is 34.7. The highest BCUT2D eigenvalue weighted by Crippen LogP contribution is 2.43. The van der Waals surface area contributed by atoms with Gasteiger partial charge < -0.3 is 35.4 Å². The van der Waals surface area contributed by atoms with Crippen molar-refractivity contribution in [3.8, 4) is 0 Å². The molecular weight excluding hydrogens is 737 g/mol. The number of nitrogens with two attached hydrogens (primary N) is 1. The average molecular weight is 816 g/mol. The van der Waals surface area contributed by atoms with Crippen molar-refractivity contribution in [2.24, 2.45) is 17.6 Å². The Labute approximate surface area is 338 Å². The van der Waals surface area contributed by atoms with Crippen molar-refractivity contribution in [2.75, 3.05) is 26.4 Å². The lowest BCUT2D eigenvalue weighted by atomic mass is 9.87. The zero-order chi connectivity index (χ0) is 41.3. The summed E-state index contributed by atoms with van der Waals surface area (Å²) in [6.07, 6.45) is 28.8. The van der Waals surface area contributed by atoms with Crippen LogP contribution in [0, 0.1) is 11.8 Å². The molecule has 0 heterocycles. The normalized spacial score (nSPS) is 20.9. The molecule has 1 aliphatic rings. The number of phosphoric acid groups is 1. The minimum atomic E-state index is -4.40. The summed E-state index contributed by atoms with van der Waals surface area (Å²) in [7, 11) is -4.40. The van der Waals surface area contributed by atoms with Crippen LogP contribution in [0.2, 0.25) is 0 Å². The van der Waals surface area contributed by atoms with Crippen molar-refractivity contribution in [1.29, 1.82) is 0 Å². The highest BCUT2D eigenvalue weighted by molar-refractivity contribution is 7.47. The molecule has 1 aliphatic carbocycles. The molecule has 1 unspecified atom stereocenters. The van der Waals surface area contributed by atoms with Crippen molar-refractivity contribution in [2.45, 2.75) is 186 Å². The number of aliphatic hydroxyl groups excluding tert-OH is 3. The number of ether oxygens (including phenoxy) is 2. The van der Waals surface area contributed by atoms with Gasteiger partial charge in [0.15, 0.2) is 6.10 Å². The molecule has 1 saturated carbocycles. The first-order chi connectivity index (χ1) is 27.0. The Bertz CT molecular complexity index is 1130. The van der Waals surface area contributed by atoms with Crippen molar-refractivity contribution < 1.29 is 52.9 Å². The zero-order valence-corrected chi connectivity index (χ0v) is 35.6. The molecule has 56 heavy (non-hydrogen) atoms. The number of rotatable bonds is 37. The van der Waals surface area contributed by atoms with Crippen LogP contribution >= 0.6 is 7.82 Å². The number of esters is 1. The van der Waals surface area contributed by atoms with Gasteiger partial charge >= 0.3 is 13.8 Å². The van der Waals surface area contributed by atoms with E-state index in [2.05, 4.69) is 26.0 Å². The Balaban J connectivity index is 2.42. The summed E-state index contributed by atoms with van der Waals surface area (Å²) in [5.41, 5.74) is 5.35. The van der Waals surface area contributed by atoms with Crippen LogP contribution < -0.4 is 5.73 Å². The standard InChI is InChI=1S/C43H78NO11P/c1-3-5-7-8-9-10-11-12-13-14-15-16-17-18-19-23-30-52-34-38(35-54-56(50,51)53-31-29-44)55-43(49)26-22-21-25-37(46)32-40-39(41(47)33-42(40)48)28-27-36(45)24-20-6-4-2/h12-13,23,27-28,30,36,38-42,45,47-48H,3-11,14-22,24-26,29,31-35,44H2,1-2H3,(H,50,51)/b13-12-,28-27+,30-23+/t36-,38+,39+,40+,41+,42-/m0/s1. The van der Waals surface area contributed by atoms with Crippen LogP contribution in [0.1, 0.15) is 162 Å². The van der Waals surface area contributed by atoms with E-state index < -0.39 is 56.7 Å². The molecule has 0 aromatic carbocycles. The number of aliphatic hydroxyl groups is 3. The molecule has 0 bridgehead atoms. The number of carbonyl (C=O) groups excluding carboxylic acids is 2. The van der Waals surface area contributed by atoms with Gasteiger partial charge in [0.1, 0.15) is 12.4 Å². The summed E-state index contributed by atoms with van der Waals surface area (Å²) >= 11 is 0. The molecule has 7 atom stereocenters. The Morgan fingerprint density at radius 1 is 0.786 bits per heavy atom. The van der Waals surface area contributed by atoms with E-state index in [0.717, 1.165) is 44.9 Å². The van der Waals surface area contributed by atoms with Gasteiger partial charge in [-0.15, -0.1) is 0 Å². The second-order valence-corrected chi connectivity index (χ2v) is 16.7. The lowest BCUT2D eigenvalue weighted by Crippen LogP contribution is -2.28. The van der Waals surface area contributed by atoms with Crippen molar-refractivity contribution in [3.05, 3.63) is 36.6 Å². The largest absolute Gasteiger partial charge is 0.498 e. The van der Waals surface area contributed by atoms with Gasteiger partial charge in [-0.1, -0.05) is 102 Å². The minimum Gasteiger partial charge on any atom is -0.498 e. The van der Waals surface area contributed by atoms with Crippen LogP contribution in [-0.2, 0) is 32.7 Å². The summed E-state index contributed by atoms with van der Waals surface area (Å²) in [6.45, 7) is 3.67. The lowest BCUT2D eigenvalue weighted by Gasteiger charge is -2.20. The SMILES string of the molecule is CCCCCCCC/C=C\CCCCCC/C=C/OC[C@H](COP(=O)(O)OCCN)OC(=O)CCCCC(=O)C[C@@H]1[C@@H](/C=C/[C@@H](O)CCCCC)[C@H](O)C[C@@H]1O. The summed E-state index contributed by atoms with van der Waals surface area (Å²) in [5.74, 6) is -1.50. The fraction of sp³-hybridized carbons (Fsp3) is 0.814. The van der Waals surface area contributed by atoms with Crippen molar-refractivity contribution in [1.82, 2.24) is 0 Å². The fourth-order valence-electron chi connectivity index (χ4n) is 6.78. The molecule has 0 spiro atoms. The van der Waals surface area contributed by atoms with E-state index >= 15 is 0 Å². The predicted octanol–water partition coefficient (Wildman–Crippen LogP) is 8.54. The Hall–Kier alpha value is -1.89. The monoisotopic (exact) mass is 816 g/mol. The van der Waals surface area contributed by atoms with Crippen LogP contribution in [0.15, 0.2) is 36.6 Å². The molecule has 13 heteroatoms. The number of Topliss-reactive ketones (excluding diaryl/α,β-unsaturated/α-hetero) is 1. The quantitative estimate of drug-likeness (QED) is 0.0132. The third-order valence-electron chi connectivity index (χ3n) is 10.1. The number of phosphoric ester groups is 1. The minimum absolute atomic E-state index is 0.0149. The smallest absolute Gasteiger partial charge is 0.472 e. The van der Waals surface area contributed by atoms with Crippen LogP contribution in [-0.4, -0.2) is 82.7 Å². The number of hydrogen-bond acceptors (Lipinski definition) is 11. The maximum atomic E-state index is 12.8. The average Bonchev–Trinajstić information content (AvgIpc) is 3.43. The topological polar surface area (TPSA) is 195 Å². The number of carbonyl (C=O) groups is 2. The fourth-order valence-corrected chi connectivity index (χ4v) is 7.54. The maximum absolute atomic E-state index is 12.8. The van der Waals surface area contributed by atoms with E-state index in [0.29, 0.717) is 19.3 Å². The van der Waals surface area contributed by atoms with Crippen LogP contribution in [0.25, 0.3) is 0 Å². The number of ketones is 1. The van der Waals surface area contributed by atoms with E-state index in [1.165, 1.54) is 64.0 Å². The van der Waals surface area contributed by atoms with Crippen LogP contribution in [0.3, 0.4) is 0 Å². The van der Waals surface area contributed by atoms with E-state index in [-0.39, 0.29) is 51.2 Å². The second kappa shape index (κ2) is 34.0. The van der Waals surface area contributed by atoms with Gasteiger partial charge in [0.05, 0.1) is 37.8 Å². The molecule has 0 aromatic rings.